The van der Waals surface area contributed by atoms with Crippen molar-refractivity contribution in [3.05, 3.63) is 23.3 Å². The zero-order valence-corrected chi connectivity index (χ0v) is 17.5. The SMILES string of the molecule is COC(=O)CC1c2cc(OC)c(OC)cc2CCN1C(=O)C1CCNCC1.Cl. The number of ether oxygens (including phenoxy) is 3. The molecule has 0 bridgehead atoms. The third kappa shape index (κ3) is 4.52. The molecule has 1 unspecified atom stereocenters. The van der Waals surface area contributed by atoms with E-state index in [1.54, 1.807) is 14.2 Å². The Morgan fingerprint density at radius 3 is 2.36 bits per heavy atom. The van der Waals surface area contributed by atoms with E-state index in [1.165, 1.54) is 7.11 Å². The summed E-state index contributed by atoms with van der Waals surface area (Å²) in [4.78, 5) is 27.2. The first kappa shape index (κ1) is 22.3. The minimum atomic E-state index is -0.344. The molecule has 7 nitrogen and oxygen atoms in total. The summed E-state index contributed by atoms with van der Waals surface area (Å²) < 4.78 is 15.7. The fourth-order valence-corrected chi connectivity index (χ4v) is 4.06. The number of hydrogen-bond acceptors (Lipinski definition) is 6. The highest BCUT2D eigenvalue weighted by atomic mass is 35.5. The number of rotatable bonds is 5. The summed E-state index contributed by atoms with van der Waals surface area (Å²) in [6.07, 6.45) is 2.53. The van der Waals surface area contributed by atoms with Gasteiger partial charge in [-0.25, -0.2) is 0 Å². The third-order valence-corrected chi connectivity index (χ3v) is 5.56. The molecular formula is C20H29ClN2O5. The van der Waals surface area contributed by atoms with Crippen LogP contribution in [-0.4, -0.2) is 57.7 Å². The molecule has 8 heteroatoms. The topological polar surface area (TPSA) is 77.1 Å². The molecule has 1 fully saturated rings. The van der Waals surface area contributed by atoms with Crippen LogP contribution in [0.4, 0.5) is 0 Å². The van der Waals surface area contributed by atoms with Gasteiger partial charge < -0.3 is 24.4 Å². The maximum absolute atomic E-state index is 13.2. The largest absolute Gasteiger partial charge is 0.493 e. The maximum Gasteiger partial charge on any atom is 0.307 e. The molecule has 2 aliphatic heterocycles. The van der Waals surface area contributed by atoms with Crippen LogP contribution in [0.3, 0.4) is 0 Å². The second-order valence-electron chi connectivity index (χ2n) is 7.01. The Morgan fingerprint density at radius 2 is 1.75 bits per heavy atom. The first-order valence-electron chi connectivity index (χ1n) is 9.41. The van der Waals surface area contributed by atoms with E-state index in [2.05, 4.69) is 5.32 Å². The number of hydrogen-bond donors (Lipinski definition) is 1. The molecule has 28 heavy (non-hydrogen) atoms. The number of benzene rings is 1. The highest BCUT2D eigenvalue weighted by Gasteiger charge is 2.36. The molecule has 1 aromatic rings. The average Bonchev–Trinajstić information content (AvgIpc) is 2.72. The molecule has 1 amide bonds. The van der Waals surface area contributed by atoms with Crippen LogP contribution in [0.1, 0.15) is 36.4 Å². The van der Waals surface area contributed by atoms with Crippen LogP contribution in [0, 0.1) is 5.92 Å². The van der Waals surface area contributed by atoms with Gasteiger partial charge in [0.1, 0.15) is 0 Å². The molecule has 0 aliphatic carbocycles. The van der Waals surface area contributed by atoms with E-state index in [0.717, 1.165) is 43.5 Å². The molecule has 1 aromatic carbocycles. The Hall–Kier alpha value is -1.99. The van der Waals surface area contributed by atoms with Crippen LogP contribution < -0.4 is 14.8 Å². The number of nitrogens with one attached hydrogen (secondary N) is 1. The molecule has 0 radical (unpaired) electrons. The summed E-state index contributed by atoms with van der Waals surface area (Å²) in [5.41, 5.74) is 2.02. The molecule has 0 spiro atoms. The van der Waals surface area contributed by atoms with Gasteiger partial charge in [0.05, 0.1) is 33.8 Å². The van der Waals surface area contributed by atoms with E-state index >= 15 is 0 Å². The maximum atomic E-state index is 13.2. The fraction of sp³-hybridized carbons (Fsp3) is 0.600. The predicted molar refractivity (Wildman–Crippen MR) is 107 cm³/mol. The molecule has 3 rings (SSSR count). The lowest BCUT2D eigenvalue weighted by atomic mass is 9.87. The molecule has 2 heterocycles. The summed E-state index contributed by atoms with van der Waals surface area (Å²) in [5, 5.41) is 3.29. The summed E-state index contributed by atoms with van der Waals surface area (Å²) >= 11 is 0. The van der Waals surface area contributed by atoms with Crippen molar-refractivity contribution in [2.45, 2.75) is 31.7 Å². The zero-order valence-electron chi connectivity index (χ0n) is 16.7. The van der Waals surface area contributed by atoms with E-state index in [-0.39, 0.29) is 42.7 Å². The van der Waals surface area contributed by atoms with Crippen molar-refractivity contribution in [2.75, 3.05) is 41.0 Å². The minimum absolute atomic E-state index is 0. The predicted octanol–water partition coefficient (Wildman–Crippen LogP) is 2.11. The summed E-state index contributed by atoms with van der Waals surface area (Å²) in [6.45, 7) is 2.30. The van der Waals surface area contributed by atoms with Gasteiger partial charge in [-0.05, 0) is 55.6 Å². The smallest absolute Gasteiger partial charge is 0.307 e. The van der Waals surface area contributed by atoms with Gasteiger partial charge in [-0.3, -0.25) is 9.59 Å². The Bertz CT molecular complexity index is 706. The highest BCUT2D eigenvalue weighted by Crippen LogP contribution is 2.40. The van der Waals surface area contributed by atoms with Crippen LogP contribution in [0.2, 0.25) is 0 Å². The quantitative estimate of drug-likeness (QED) is 0.746. The molecule has 0 saturated carbocycles. The van der Waals surface area contributed by atoms with E-state index in [9.17, 15) is 9.59 Å². The fourth-order valence-electron chi connectivity index (χ4n) is 4.06. The summed E-state index contributed by atoms with van der Waals surface area (Å²) in [7, 11) is 4.56. The van der Waals surface area contributed by atoms with Crippen molar-refractivity contribution in [1.29, 1.82) is 0 Å². The molecule has 0 aromatic heterocycles. The second kappa shape index (κ2) is 9.98. The van der Waals surface area contributed by atoms with Gasteiger partial charge in [0.15, 0.2) is 11.5 Å². The first-order chi connectivity index (χ1) is 13.1. The lowest BCUT2D eigenvalue weighted by Gasteiger charge is -2.39. The third-order valence-electron chi connectivity index (χ3n) is 5.56. The lowest BCUT2D eigenvalue weighted by molar-refractivity contribution is -0.145. The highest BCUT2D eigenvalue weighted by molar-refractivity contribution is 5.85. The van der Waals surface area contributed by atoms with E-state index in [0.29, 0.717) is 18.0 Å². The summed E-state index contributed by atoms with van der Waals surface area (Å²) in [6, 6.07) is 3.50. The Morgan fingerprint density at radius 1 is 1.11 bits per heavy atom. The van der Waals surface area contributed by atoms with E-state index < -0.39 is 0 Å². The number of carbonyl (C=O) groups is 2. The van der Waals surface area contributed by atoms with Crippen LogP contribution in [0.25, 0.3) is 0 Å². The van der Waals surface area contributed by atoms with Crippen molar-refractivity contribution in [3.63, 3.8) is 0 Å². The van der Waals surface area contributed by atoms with Crippen molar-refractivity contribution < 1.29 is 23.8 Å². The number of halogens is 1. The van der Waals surface area contributed by atoms with Crippen LogP contribution in [0.15, 0.2) is 12.1 Å². The number of methoxy groups -OCH3 is 3. The van der Waals surface area contributed by atoms with Gasteiger partial charge in [-0.15, -0.1) is 12.4 Å². The summed E-state index contributed by atoms with van der Waals surface area (Å²) in [5.74, 6) is 1.07. The molecule has 1 saturated heterocycles. The molecule has 1 atom stereocenters. The number of carbonyl (C=O) groups excluding carboxylic acids is 2. The lowest BCUT2D eigenvalue weighted by Crippen LogP contribution is -2.46. The first-order valence-corrected chi connectivity index (χ1v) is 9.41. The average molecular weight is 413 g/mol. The van der Waals surface area contributed by atoms with Crippen LogP contribution in [-0.2, 0) is 20.7 Å². The van der Waals surface area contributed by atoms with Gasteiger partial charge >= 0.3 is 5.97 Å². The van der Waals surface area contributed by atoms with Gasteiger partial charge in [-0.2, -0.15) is 0 Å². The normalized spacial score (nSPS) is 19.2. The standard InChI is InChI=1S/C20H28N2O5.ClH/c1-25-17-10-14-6-9-22(20(24)13-4-7-21-8-5-13)16(12-19(23)27-3)15(14)11-18(17)26-2;/h10-11,13,16,21H,4-9,12H2,1-3H3;1H. The number of nitrogens with zero attached hydrogens (tertiary/aromatic N) is 1. The Labute approximate surface area is 172 Å². The number of amides is 1. The van der Waals surface area contributed by atoms with E-state index in [4.69, 9.17) is 14.2 Å². The van der Waals surface area contributed by atoms with Gasteiger partial charge in [-0.1, -0.05) is 0 Å². The number of esters is 1. The van der Waals surface area contributed by atoms with Crippen LogP contribution in [0.5, 0.6) is 11.5 Å². The molecular weight excluding hydrogens is 384 g/mol. The van der Waals surface area contributed by atoms with Crippen molar-refractivity contribution in [2.24, 2.45) is 5.92 Å². The van der Waals surface area contributed by atoms with Crippen molar-refractivity contribution >= 4 is 24.3 Å². The van der Waals surface area contributed by atoms with Gasteiger partial charge in [0, 0.05) is 12.5 Å². The van der Waals surface area contributed by atoms with Crippen molar-refractivity contribution in [1.82, 2.24) is 10.2 Å². The molecule has 2 aliphatic rings. The van der Waals surface area contributed by atoms with Crippen LogP contribution >= 0.6 is 12.4 Å². The second-order valence-corrected chi connectivity index (χ2v) is 7.01. The Kier molecular flexibility index (Phi) is 7.95. The Balaban J connectivity index is 0.00000280. The number of piperidine rings is 1. The van der Waals surface area contributed by atoms with Crippen molar-refractivity contribution in [3.8, 4) is 11.5 Å². The number of fused-ring (bicyclic) bond motifs is 1. The van der Waals surface area contributed by atoms with Gasteiger partial charge in [0.2, 0.25) is 5.91 Å². The monoisotopic (exact) mass is 412 g/mol. The van der Waals surface area contributed by atoms with Gasteiger partial charge in [0.25, 0.3) is 0 Å². The molecule has 1 N–H and O–H groups in total. The van der Waals surface area contributed by atoms with E-state index in [1.807, 2.05) is 17.0 Å². The molecule has 156 valence electrons. The zero-order chi connectivity index (χ0) is 19.4. The minimum Gasteiger partial charge on any atom is -0.493 e.